The Morgan fingerprint density at radius 3 is 2.68 bits per heavy atom. The molecule has 31 heavy (non-hydrogen) atoms. The lowest BCUT2D eigenvalue weighted by Crippen LogP contribution is -2.28. The lowest BCUT2D eigenvalue weighted by molar-refractivity contribution is -0.116. The molecule has 0 aliphatic carbocycles. The molecule has 0 aliphatic heterocycles. The SMILES string of the molecule is CCOc1ccccc1NC(=O)Cn1cnc2sc(C)c(-c3ccc(F)cc3)c2c1=O. The third-order valence-corrected chi connectivity index (χ3v) is 5.78. The molecule has 8 heteroatoms. The Labute approximate surface area is 181 Å². The van der Waals surface area contributed by atoms with E-state index in [0.717, 1.165) is 10.4 Å². The highest BCUT2D eigenvalue weighted by Crippen LogP contribution is 2.35. The maximum absolute atomic E-state index is 13.4. The number of hydrogen-bond acceptors (Lipinski definition) is 5. The van der Waals surface area contributed by atoms with Crippen molar-refractivity contribution in [1.29, 1.82) is 0 Å². The van der Waals surface area contributed by atoms with Crippen LogP contribution in [0.25, 0.3) is 21.3 Å². The van der Waals surface area contributed by atoms with Gasteiger partial charge >= 0.3 is 0 Å². The Morgan fingerprint density at radius 2 is 1.94 bits per heavy atom. The van der Waals surface area contributed by atoms with E-state index in [0.29, 0.717) is 33.8 Å². The van der Waals surface area contributed by atoms with Gasteiger partial charge in [0.25, 0.3) is 5.56 Å². The average Bonchev–Trinajstić information content (AvgIpc) is 3.09. The molecule has 0 bridgehead atoms. The molecule has 0 saturated heterocycles. The first-order chi connectivity index (χ1) is 15.0. The van der Waals surface area contributed by atoms with Gasteiger partial charge in [-0.2, -0.15) is 0 Å². The molecule has 0 spiro atoms. The fraction of sp³-hybridized carbons (Fsp3) is 0.174. The summed E-state index contributed by atoms with van der Waals surface area (Å²) in [5.41, 5.74) is 1.67. The summed E-state index contributed by atoms with van der Waals surface area (Å²) in [6.07, 6.45) is 1.38. The van der Waals surface area contributed by atoms with Gasteiger partial charge in [-0.3, -0.25) is 14.2 Å². The summed E-state index contributed by atoms with van der Waals surface area (Å²) < 4.78 is 20.2. The molecule has 2 aromatic heterocycles. The number of benzene rings is 2. The van der Waals surface area contributed by atoms with Crippen molar-refractivity contribution in [2.45, 2.75) is 20.4 Å². The third-order valence-electron chi connectivity index (χ3n) is 4.76. The predicted molar refractivity (Wildman–Crippen MR) is 120 cm³/mol. The van der Waals surface area contributed by atoms with Crippen LogP contribution in [0.15, 0.2) is 59.7 Å². The van der Waals surface area contributed by atoms with Crippen LogP contribution >= 0.6 is 11.3 Å². The van der Waals surface area contributed by atoms with Gasteiger partial charge in [-0.25, -0.2) is 9.37 Å². The van der Waals surface area contributed by atoms with E-state index in [1.165, 1.54) is 34.4 Å². The van der Waals surface area contributed by atoms with Gasteiger partial charge in [0.15, 0.2) is 0 Å². The largest absolute Gasteiger partial charge is 0.492 e. The zero-order valence-electron chi connectivity index (χ0n) is 17.0. The Balaban J connectivity index is 1.67. The van der Waals surface area contributed by atoms with Crippen LogP contribution in [0.5, 0.6) is 5.75 Å². The molecule has 1 amide bonds. The molecule has 4 aromatic rings. The number of thiophene rings is 1. The number of nitrogens with one attached hydrogen (secondary N) is 1. The lowest BCUT2D eigenvalue weighted by atomic mass is 10.0. The Kier molecular flexibility index (Phi) is 5.81. The van der Waals surface area contributed by atoms with E-state index in [1.54, 1.807) is 30.3 Å². The van der Waals surface area contributed by atoms with Gasteiger partial charge in [-0.05, 0) is 43.7 Å². The second-order valence-corrected chi connectivity index (χ2v) is 8.08. The van der Waals surface area contributed by atoms with E-state index in [2.05, 4.69) is 10.3 Å². The first-order valence-electron chi connectivity index (χ1n) is 9.74. The lowest BCUT2D eigenvalue weighted by Gasteiger charge is -2.12. The minimum absolute atomic E-state index is 0.194. The summed E-state index contributed by atoms with van der Waals surface area (Å²) in [6, 6.07) is 13.1. The number of aromatic nitrogens is 2. The number of rotatable bonds is 6. The predicted octanol–water partition coefficient (Wildman–Crippen LogP) is 4.61. The summed E-state index contributed by atoms with van der Waals surface area (Å²) in [5.74, 6) is -0.155. The van der Waals surface area contributed by atoms with Gasteiger partial charge in [0.2, 0.25) is 5.91 Å². The fourth-order valence-corrected chi connectivity index (χ4v) is 4.41. The molecule has 0 radical (unpaired) electrons. The zero-order chi connectivity index (χ0) is 22.0. The Bertz CT molecular complexity index is 1310. The van der Waals surface area contributed by atoms with Gasteiger partial charge < -0.3 is 10.1 Å². The number of halogens is 1. The monoisotopic (exact) mass is 437 g/mol. The molecule has 0 saturated carbocycles. The number of amides is 1. The molecule has 158 valence electrons. The first kappa shape index (κ1) is 20.7. The number of ether oxygens (including phenoxy) is 1. The van der Waals surface area contributed by atoms with Crippen molar-refractivity contribution in [3.8, 4) is 16.9 Å². The van der Waals surface area contributed by atoms with Crippen LogP contribution < -0.4 is 15.6 Å². The summed E-state index contributed by atoms with van der Waals surface area (Å²) >= 11 is 1.39. The van der Waals surface area contributed by atoms with Gasteiger partial charge in [0, 0.05) is 10.4 Å². The van der Waals surface area contributed by atoms with Crippen molar-refractivity contribution in [1.82, 2.24) is 9.55 Å². The quantitative estimate of drug-likeness (QED) is 0.478. The van der Waals surface area contributed by atoms with E-state index in [1.807, 2.05) is 19.9 Å². The van der Waals surface area contributed by atoms with Gasteiger partial charge in [-0.1, -0.05) is 24.3 Å². The molecule has 1 N–H and O–H groups in total. The Hall–Kier alpha value is -3.52. The standard InChI is InChI=1S/C23H20FN3O3S/c1-3-30-18-7-5-4-6-17(18)26-19(28)12-27-13-25-22-21(23(27)29)20(14(2)31-22)15-8-10-16(24)11-9-15/h4-11,13H,3,12H2,1-2H3,(H,26,28). The number of hydrogen-bond donors (Lipinski definition) is 1. The zero-order valence-corrected chi connectivity index (χ0v) is 17.8. The fourth-order valence-electron chi connectivity index (χ4n) is 3.41. The number of anilines is 1. The summed E-state index contributed by atoms with van der Waals surface area (Å²) in [7, 11) is 0. The molecule has 2 heterocycles. The Morgan fingerprint density at radius 1 is 1.19 bits per heavy atom. The summed E-state index contributed by atoms with van der Waals surface area (Å²) in [6.45, 7) is 4.03. The van der Waals surface area contributed by atoms with Gasteiger partial charge in [0.1, 0.15) is 22.9 Å². The van der Waals surface area contributed by atoms with Gasteiger partial charge in [0.05, 0.1) is 24.0 Å². The van der Waals surface area contributed by atoms with Crippen LogP contribution in [0, 0.1) is 12.7 Å². The van der Waals surface area contributed by atoms with Crippen LogP contribution in [0.4, 0.5) is 10.1 Å². The van der Waals surface area contributed by atoms with Crippen LogP contribution in [-0.4, -0.2) is 22.1 Å². The normalized spacial score (nSPS) is 10.9. The molecule has 0 aliphatic rings. The maximum atomic E-state index is 13.4. The van der Waals surface area contributed by atoms with Crippen LogP contribution in [0.1, 0.15) is 11.8 Å². The van der Waals surface area contributed by atoms with Crippen molar-refractivity contribution in [2.75, 3.05) is 11.9 Å². The van der Waals surface area contributed by atoms with E-state index in [9.17, 15) is 14.0 Å². The molecular formula is C23H20FN3O3S. The molecule has 0 atom stereocenters. The second kappa shape index (κ2) is 8.69. The van der Waals surface area contributed by atoms with Crippen molar-refractivity contribution < 1.29 is 13.9 Å². The molecule has 0 fully saturated rings. The van der Waals surface area contributed by atoms with Crippen LogP contribution in [-0.2, 0) is 11.3 Å². The van der Waals surface area contributed by atoms with E-state index >= 15 is 0 Å². The number of carbonyl (C=O) groups is 1. The number of fused-ring (bicyclic) bond motifs is 1. The van der Waals surface area contributed by atoms with Crippen molar-refractivity contribution >= 4 is 33.1 Å². The number of para-hydroxylation sites is 2. The maximum Gasteiger partial charge on any atom is 0.263 e. The topological polar surface area (TPSA) is 73.2 Å². The van der Waals surface area contributed by atoms with Gasteiger partial charge in [-0.15, -0.1) is 11.3 Å². The van der Waals surface area contributed by atoms with E-state index in [4.69, 9.17) is 4.74 Å². The van der Waals surface area contributed by atoms with Crippen LogP contribution in [0.3, 0.4) is 0 Å². The molecule has 0 unspecified atom stereocenters. The third kappa shape index (κ3) is 4.20. The van der Waals surface area contributed by atoms with Crippen molar-refractivity contribution in [3.05, 3.63) is 75.9 Å². The summed E-state index contributed by atoms with van der Waals surface area (Å²) in [5, 5.41) is 3.22. The highest BCUT2D eigenvalue weighted by Gasteiger charge is 2.18. The van der Waals surface area contributed by atoms with Crippen molar-refractivity contribution in [2.24, 2.45) is 0 Å². The molecule has 4 rings (SSSR count). The smallest absolute Gasteiger partial charge is 0.263 e. The van der Waals surface area contributed by atoms with Crippen molar-refractivity contribution in [3.63, 3.8) is 0 Å². The number of nitrogens with zero attached hydrogens (tertiary/aromatic N) is 2. The first-order valence-corrected chi connectivity index (χ1v) is 10.6. The summed E-state index contributed by atoms with van der Waals surface area (Å²) in [4.78, 5) is 31.7. The molecular weight excluding hydrogens is 417 g/mol. The number of aryl methyl sites for hydroxylation is 1. The average molecular weight is 437 g/mol. The number of carbonyl (C=O) groups excluding carboxylic acids is 1. The molecule has 6 nitrogen and oxygen atoms in total. The minimum atomic E-state index is -0.370. The van der Waals surface area contributed by atoms with Crippen LogP contribution in [0.2, 0.25) is 0 Å². The highest BCUT2D eigenvalue weighted by molar-refractivity contribution is 7.19. The highest BCUT2D eigenvalue weighted by atomic mass is 32.1. The van der Waals surface area contributed by atoms with E-state index < -0.39 is 0 Å². The second-order valence-electron chi connectivity index (χ2n) is 6.88. The minimum Gasteiger partial charge on any atom is -0.492 e. The molecule has 2 aromatic carbocycles. The van der Waals surface area contributed by atoms with E-state index in [-0.39, 0.29) is 23.8 Å².